The van der Waals surface area contributed by atoms with Crippen LogP contribution in [0.1, 0.15) is 61.8 Å². The Morgan fingerprint density at radius 3 is 2.58 bits per heavy atom. The fraction of sp³-hybridized carbons (Fsp3) is 0.643. The second-order valence-electron chi connectivity index (χ2n) is 11.0. The van der Waals surface area contributed by atoms with Crippen molar-refractivity contribution in [1.82, 2.24) is 15.0 Å². The second kappa shape index (κ2) is 13.8. The molecule has 12 heteroatoms. The molecule has 3 rings (SSSR count). The molecule has 0 saturated carbocycles. The van der Waals surface area contributed by atoms with E-state index in [4.69, 9.17) is 14.0 Å². The van der Waals surface area contributed by atoms with E-state index in [-0.39, 0.29) is 58.2 Å². The molecule has 1 aromatic heterocycles. The number of amides is 1. The van der Waals surface area contributed by atoms with Crippen LogP contribution in [-0.2, 0) is 14.8 Å². The molecule has 224 valence electrons. The van der Waals surface area contributed by atoms with E-state index in [1.165, 1.54) is 13.0 Å². The van der Waals surface area contributed by atoms with Crippen molar-refractivity contribution in [3.05, 3.63) is 35.2 Å². The van der Waals surface area contributed by atoms with Gasteiger partial charge in [0.15, 0.2) is 10.7 Å². The molecule has 40 heavy (non-hydrogen) atoms. The number of hydrogen-bond acceptors (Lipinski definition) is 9. The Labute approximate surface area is 237 Å². The van der Waals surface area contributed by atoms with Crippen LogP contribution in [0, 0.1) is 19.8 Å². The number of carbonyl (C=O) groups excluding carboxylic acids is 1. The number of aliphatic hydroxyl groups excluding tert-OH is 1. The molecule has 1 aliphatic rings. The molecule has 2 N–H and O–H groups in total. The summed E-state index contributed by atoms with van der Waals surface area (Å²) in [6.07, 6.45) is 2.26. The zero-order chi connectivity index (χ0) is 29.6. The summed E-state index contributed by atoms with van der Waals surface area (Å²) in [5.74, 6) is 0.129. The van der Waals surface area contributed by atoms with E-state index >= 15 is 0 Å². The van der Waals surface area contributed by atoms with Gasteiger partial charge >= 0.3 is 0 Å². The standard InChI is InChI=1S/C28H44N4O7S/c1-18-15-32(19(2)17-33)28(34)24-14-23(30-40(35,36)27-21(4)29-39-22(27)5)11-12-25(24)38-20(3)10-8-9-13-37-26(18)16-31(6)7/h11-12,14,18-20,26,30,33H,8-10,13,15-17H2,1-7H3/t18-,19+,20-,26-/m1/s1. The summed E-state index contributed by atoms with van der Waals surface area (Å²) in [7, 11) is -0.0559. The average molecular weight is 581 g/mol. The highest BCUT2D eigenvalue weighted by atomic mass is 32.2. The maximum atomic E-state index is 14.1. The zero-order valence-corrected chi connectivity index (χ0v) is 25.5. The van der Waals surface area contributed by atoms with Gasteiger partial charge < -0.3 is 28.9 Å². The number of aliphatic hydroxyl groups is 1. The number of aromatic nitrogens is 1. The van der Waals surface area contributed by atoms with Crippen LogP contribution in [0.4, 0.5) is 5.69 Å². The van der Waals surface area contributed by atoms with Crippen LogP contribution >= 0.6 is 0 Å². The van der Waals surface area contributed by atoms with Crippen LogP contribution in [0.3, 0.4) is 0 Å². The molecule has 1 aliphatic heterocycles. The number of rotatable bonds is 7. The highest BCUT2D eigenvalue weighted by Crippen LogP contribution is 2.30. The number of aryl methyl sites for hydroxylation is 2. The van der Waals surface area contributed by atoms with Gasteiger partial charge in [0.1, 0.15) is 11.4 Å². The number of carbonyl (C=O) groups is 1. The maximum Gasteiger partial charge on any atom is 0.267 e. The number of nitrogens with zero attached hydrogens (tertiary/aromatic N) is 3. The summed E-state index contributed by atoms with van der Waals surface area (Å²) in [5.41, 5.74) is 0.645. The summed E-state index contributed by atoms with van der Waals surface area (Å²) in [4.78, 5) is 17.8. The van der Waals surface area contributed by atoms with Crippen LogP contribution in [-0.4, -0.2) is 93.0 Å². The molecular weight excluding hydrogens is 536 g/mol. The van der Waals surface area contributed by atoms with E-state index in [1.54, 1.807) is 30.9 Å². The fourth-order valence-corrected chi connectivity index (χ4v) is 6.25. The van der Waals surface area contributed by atoms with Crippen molar-refractivity contribution in [3.8, 4) is 5.75 Å². The van der Waals surface area contributed by atoms with E-state index in [0.717, 1.165) is 19.3 Å². The lowest BCUT2D eigenvalue weighted by molar-refractivity contribution is -0.0137. The minimum Gasteiger partial charge on any atom is -0.490 e. The topological polar surface area (TPSA) is 134 Å². The Kier molecular flexibility index (Phi) is 11.0. The second-order valence-corrected chi connectivity index (χ2v) is 12.7. The van der Waals surface area contributed by atoms with Gasteiger partial charge in [-0.2, -0.15) is 0 Å². The molecule has 0 spiro atoms. The molecule has 1 amide bonds. The largest absolute Gasteiger partial charge is 0.490 e. The smallest absolute Gasteiger partial charge is 0.267 e. The lowest BCUT2D eigenvalue weighted by Crippen LogP contribution is -2.47. The summed E-state index contributed by atoms with van der Waals surface area (Å²) >= 11 is 0. The maximum absolute atomic E-state index is 14.1. The van der Waals surface area contributed by atoms with Crippen LogP contribution < -0.4 is 9.46 Å². The van der Waals surface area contributed by atoms with Crippen LogP contribution in [0.15, 0.2) is 27.6 Å². The Balaban J connectivity index is 2.04. The Morgan fingerprint density at radius 2 is 1.95 bits per heavy atom. The highest BCUT2D eigenvalue weighted by Gasteiger charge is 2.31. The van der Waals surface area contributed by atoms with Crippen molar-refractivity contribution < 1.29 is 32.3 Å². The lowest BCUT2D eigenvalue weighted by atomic mass is 10.0. The quantitative estimate of drug-likeness (QED) is 0.505. The molecule has 4 atom stereocenters. The van der Waals surface area contributed by atoms with Gasteiger partial charge in [-0.1, -0.05) is 12.1 Å². The van der Waals surface area contributed by atoms with Crippen molar-refractivity contribution in [1.29, 1.82) is 0 Å². The molecule has 11 nitrogen and oxygen atoms in total. The summed E-state index contributed by atoms with van der Waals surface area (Å²) in [6, 6.07) is 4.18. The number of sulfonamides is 1. The van der Waals surface area contributed by atoms with E-state index in [9.17, 15) is 18.3 Å². The number of fused-ring (bicyclic) bond motifs is 1. The number of ether oxygens (including phenoxy) is 2. The van der Waals surface area contributed by atoms with Gasteiger partial charge in [-0.15, -0.1) is 0 Å². The van der Waals surface area contributed by atoms with Gasteiger partial charge in [0.25, 0.3) is 15.9 Å². The summed E-state index contributed by atoms with van der Waals surface area (Å²) in [5, 5.41) is 13.8. The minimum absolute atomic E-state index is 0.0344. The lowest BCUT2D eigenvalue weighted by Gasteiger charge is -2.35. The van der Waals surface area contributed by atoms with E-state index < -0.39 is 16.1 Å². The first-order valence-electron chi connectivity index (χ1n) is 13.8. The van der Waals surface area contributed by atoms with Crippen molar-refractivity contribution in [3.63, 3.8) is 0 Å². The SMILES string of the molecule is Cc1noc(C)c1S(=O)(=O)Nc1ccc2c(c1)C(=O)N([C@@H](C)CO)C[C@@H](C)[C@@H](CN(C)C)OCCCC[C@@H](C)O2. The zero-order valence-electron chi connectivity index (χ0n) is 24.6. The molecule has 2 aromatic rings. The Morgan fingerprint density at radius 1 is 1.23 bits per heavy atom. The number of hydrogen-bond donors (Lipinski definition) is 2. The molecule has 1 aromatic carbocycles. The average Bonchev–Trinajstić information content (AvgIpc) is 3.23. The van der Waals surface area contributed by atoms with E-state index in [2.05, 4.69) is 14.8 Å². The van der Waals surface area contributed by atoms with Crippen molar-refractivity contribution in [2.24, 2.45) is 5.92 Å². The predicted molar refractivity (Wildman–Crippen MR) is 152 cm³/mol. The van der Waals surface area contributed by atoms with Crippen molar-refractivity contribution in [2.45, 2.75) is 77.0 Å². The van der Waals surface area contributed by atoms with Crippen molar-refractivity contribution >= 4 is 21.6 Å². The van der Waals surface area contributed by atoms with E-state index in [1.807, 2.05) is 27.9 Å². The number of likely N-dealkylation sites (N-methyl/N-ethyl adjacent to an activating group) is 1. The van der Waals surface area contributed by atoms with Gasteiger partial charge in [0, 0.05) is 31.3 Å². The fourth-order valence-electron chi connectivity index (χ4n) is 4.87. The number of benzene rings is 1. The molecule has 0 bridgehead atoms. The van der Waals surface area contributed by atoms with E-state index in [0.29, 0.717) is 25.4 Å². The highest BCUT2D eigenvalue weighted by molar-refractivity contribution is 7.92. The third-order valence-corrected chi connectivity index (χ3v) is 8.71. The number of nitrogens with one attached hydrogen (secondary N) is 1. The molecule has 0 unspecified atom stereocenters. The van der Waals surface area contributed by atoms with Gasteiger partial charge in [0.05, 0.1) is 30.4 Å². The van der Waals surface area contributed by atoms with Gasteiger partial charge in [0.2, 0.25) is 0 Å². The first kappa shape index (κ1) is 31.9. The first-order valence-corrected chi connectivity index (χ1v) is 15.3. The Hall–Kier alpha value is -2.67. The molecule has 2 heterocycles. The summed E-state index contributed by atoms with van der Waals surface area (Å²) < 4.78 is 46.4. The van der Waals surface area contributed by atoms with Gasteiger partial charge in [-0.3, -0.25) is 9.52 Å². The number of anilines is 1. The third-order valence-electron chi connectivity index (χ3n) is 7.09. The van der Waals surface area contributed by atoms with Crippen molar-refractivity contribution in [2.75, 3.05) is 45.1 Å². The normalized spacial score (nSPS) is 22.4. The monoisotopic (exact) mass is 580 g/mol. The molecule has 0 fully saturated rings. The molecule has 0 aliphatic carbocycles. The van der Waals surface area contributed by atoms with Crippen LogP contribution in [0.2, 0.25) is 0 Å². The molecule has 0 saturated heterocycles. The third kappa shape index (κ3) is 7.96. The van der Waals surface area contributed by atoms with Crippen LogP contribution in [0.25, 0.3) is 0 Å². The molecular formula is C28H44N4O7S. The first-order chi connectivity index (χ1) is 18.8. The molecule has 0 radical (unpaired) electrons. The predicted octanol–water partition coefficient (Wildman–Crippen LogP) is 3.45. The Bertz CT molecular complexity index is 1230. The van der Waals surface area contributed by atoms with Gasteiger partial charge in [-0.05, 0) is 79.3 Å². The van der Waals surface area contributed by atoms with Gasteiger partial charge in [-0.25, -0.2) is 8.42 Å². The van der Waals surface area contributed by atoms with Crippen LogP contribution in [0.5, 0.6) is 5.75 Å². The summed E-state index contributed by atoms with van der Waals surface area (Å²) in [6.45, 7) is 10.3. The minimum atomic E-state index is -4.03.